The number of benzene rings is 1. The maximum absolute atomic E-state index is 12.0. The molecule has 6 nitrogen and oxygen atoms in total. The Morgan fingerprint density at radius 2 is 2.05 bits per heavy atom. The number of hydrogen-bond acceptors (Lipinski definition) is 5. The van der Waals surface area contributed by atoms with E-state index in [1.807, 2.05) is 0 Å². The van der Waals surface area contributed by atoms with Crippen LogP contribution in [-0.2, 0) is 11.2 Å². The number of rotatable bonds is 4. The molecule has 1 aromatic carbocycles. The molecule has 0 spiro atoms. The first-order valence-electron chi connectivity index (χ1n) is 6.31. The molecule has 116 valence electrons. The third-order valence-corrected chi connectivity index (χ3v) is 4.11. The van der Waals surface area contributed by atoms with Crippen LogP contribution in [0.5, 0.6) is 0 Å². The fourth-order valence-electron chi connectivity index (χ4n) is 1.96. The molecule has 22 heavy (non-hydrogen) atoms. The van der Waals surface area contributed by atoms with Crippen LogP contribution >= 0.6 is 11.6 Å². The molecule has 1 amide bonds. The van der Waals surface area contributed by atoms with E-state index in [1.54, 1.807) is 30.5 Å². The van der Waals surface area contributed by atoms with Crippen molar-refractivity contribution in [2.75, 3.05) is 24.4 Å². The molecule has 1 atom stereocenters. The minimum Gasteiger partial charge on any atom is -0.612 e. The van der Waals surface area contributed by atoms with Crippen LogP contribution in [0.3, 0.4) is 0 Å². The minimum atomic E-state index is -1.19. The van der Waals surface area contributed by atoms with E-state index in [0.29, 0.717) is 16.3 Å². The summed E-state index contributed by atoms with van der Waals surface area (Å²) < 4.78 is 11.8. The third-order valence-electron chi connectivity index (χ3n) is 2.94. The van der Waals surface area contributed by atoms with Gasteiger partial charge >= 0.3 is 0 Å². The van der Waals surface area contributed by atoms with E-state index in [0.717, 1.165) is 0 Å². The quantitative estimate of drug-likeness (QED) is 0.585. The first-order chi connectivity index (χ1) is 10.4. The van der Waals surface area contributed by atoms with Crippen LogP contribution in [-0.4, -0.2) is 28.7 Å². The smallest absolute Gasteiger partial charge is 0.256 e. The Labute approximate surface area is 136 Å². The summed E-state index contributed by atoms with van der Waals surface area (Å²) in [6.45, 7) is 0. The fraction of sp³-hybridized carbons (Fsp3) is 0.143. The lowest BCUT2D eigenvalue weighted by atomic mass is 10.2. The molecule has 2 aromatic rings. The van der Waals surface area contributed by atoms with E-state index in [2.05, 4.69) is 15.6 Å². The maximum atomic E-state index is 12.0. The van der Waals surface area contributed by atoms with Crippen LogP contribution in [0, 0.1) is 0 Å². The molecule has 0 aliphatic carbocycles. The lowest BCUT2D eigenvalue weighted by molar-refractivity contribution is 0.0964. The molecule has 0 bridgehead atoms. The zero-order chi connectivity index (χ0) is 16.3. The summed E-state index contributed by atoms with van der Waals surface area (Å²) in [7, 11) is 1.50. The second kappa shape index (κ2) is 6.87. The van der Waals surface area contributed by atoms with Crippen LogP contribution < -0.4 is 16.4 Å². The molecule has 8 heteroatoms. The van der Waals surface area contributed by atoms with Crippen molar-refractivity contribution in [1.82, 2.24) is 10.3 Å². The molecule has 1 unspecified atom stereocenters. The van der Waals surface area contributed by atoms with Crippen molar-refractivity contribution in [2.24, 2.45) is 0 Å². The number of amides is 1. The molecular weight excluding hydrogens is 324 g/mol. The van der Waals surface area contributed by atoms with Gasteiger partial charge in [0.15, 0.2) is 4.90 Å². The number of nitrogen functional groups attached to an aromatic ring is 1. The van der Waals surface area contributed by atoms with Gasteiger partial charge in [0.2, 0.25) is 0 Å². The SMILES string of the molecule is CNC(=O)c1c(Nc2ccccc2[S+](C)[O-])cc(Cl)nc1N. The fourth-order valence-corrected chi connectivity index (χ4v) is 2.86. The van der Waals surface area contributed by atoms with Gasteiger partial charge in [0.25, 0.3) is 5.91 Å². The van der Waals surface area contributed by atoms with Crippen LogP contribution in [0.25, 0.3) is 0 Å². The highest BCUT2D eigenvalue weighted by Gasteiger charge is 2.19. The molecule has 1 aromatic heterocycles. The summed E-state index contributed by atoms with van der Waals surface area (Å²) >= 11 is 4.73. The van der Waals surface area contributed by atoms with Gasteiger partial charge in [-0.25, -0.2) is 4.98 Å². The molecule has 0 radical (unpaired) electrons. The molecule has 2 rings (SSSR count). The number of aromatic nitrogens is 1. The Morgan fingerprint density at radius 3 is 2.68 bits per heavy atom. The minimum absolute atomic E-state index is 0.0180. The van der Waals surface area contributed by atoms with Crippen LogP contribution in [0.15, 0.2) is 35.2 Å². The van der Waals surface area contributed by atoms with E-state index in [-0.39, 0.29) is 22.4 Å². The number of halogens is 1. The molecular formula is C14H15ClN4O2S. The van der Waals surface area contributed by atoms with Crippen molar-refractivity contribution < 1.29 is 9.35 Å². The summed E-state index contributed by atoms with van der Waals surface area (Å²) in [6.07, 6.45) is 1.58. The summed E-state index contributed by atoms with van der Waals surface area (Å²) in [4.78, 5) is 16.5. The highest BCUT2D eigenvalue weighted by atomic mass is 35.5. The van der Waals surface area contributed by atoms with Crippen LogP contribution in [0.2, 0.25) is 5.15 Å². The van der Waals surface area contributed by atoms with Gasteiger partial charge in [0.05, 0.1) is 11.4 Å². The normalized spacial score (nSPS) is 11.8. The second-order valence-corrected chi connectivity index (χ2v) is 6.14. The summed E-state index contributed by atoms with van der Waals surface area (Å²) in [5.41, 5.74) is 6.98. The van der Waals surface area contributed by atoms with Crippen molar-refractivity contribution >= 4 is 45.9 Å². The Balaban J connectivity index is 2.52. The average molecular weight is 339 g/mol. The van der Waals surface area contributed by atoms with Gasteiger partial charge in [0.1, 0.15) is 22.8 Å². The molecule has 4 N–H and O–H groups in total. The van der Waals surface area contributed by atoms with Crippen molar-refractivity contribution in [3.8, 4) is 0 Å². The molecule has 0 aliphatic heterocycles. The van der Waals surface area contributed by atoms with Crippen molar-refractivity contribution in [2.45, 2.75) is 4.90 Å². The van der Waals surface area contributed by atoms with Gasteiger partial charge in [0, 0.05) is 7.05 Å². The van der Waals surface area contributed by atoms with Gasteiger partial charge in [-0.3, -0.25) is 4.79 Å². The van der Waals surface area contributed by atoms with Crippen LogP contribution in [0.4, 0.5) is 17.2 Å². The largest absolute Gasteiger partial charge is 0.612 e. The second-order valence-electron chi connectivity index (χ2n) is 4.41. The van der Waals surface area contributed by atoms with E-state index in [9.17, 15) is 9.35 Å². The number of nitrogens with zero attached hydrogens (tertiary/aromatic N) is 1. The third kappa shape index (κ3) is 3.44. The predicted octanol–water partition coefficient (Wildman–Crippen LogP) is 2.16. The van der Waals surface area contributed by atoms with Gasteiger partial charge in [-0.15, -0.1) is 0 Å². The number of carbonyl (C=O) groups is 1. The van der Waals surface area contributed by atoms with Crippen molar-refractivity contribution in [3.63, 3.8) is 0 Å². The first-order valence-corrected chi connectivity index (χ1v) is 8.25. The molecule has 0 saturated heterocycles. The van der Waals surface area contributed by atoms with Gasteiger partial charge in [-0.2, -0.15) is 0 Å². The predicted molar refractivity (Wildman–Crippen MR) is 89.1 cm³/mol. The average Bonchev–Trinajstić information content (AvgIpc) is 2.46. The zero-order valence-corrected chi connectivity index (χ0v) is 13.6. The highest BCUT2D eigenvalue weighted by molar-refractivity contribution is 7.90. The number of nitrogens with two attached hydrogens (primary N) is 1. The lowest BCUT2D eigenvalue weighted by Crippen LogP contribution is -2.21. The van der Waals surface area contributed by atoms with Crippen molar-refractivity contribution in [3.05, 3.63) is 41.0 Å². The van der Waals surface area contributed by atoms with Gasteiger partial charge in [-0.05, 0) is 29.4 Å². The number of pyridine rings is 1. The molecule has 0 aliphatic rings. The van der Waals surface area contributed by atoms with Crippen molar-refractivity contribution in [1.29, 1.82) is 0 Å². The molecule has 1 heterocycles. The van der Waals surface area contributed by atoms with E-state index < -0.39 is 11.2 Å². The standard InChI is InChI=1S/C14H15ClN4O2S/c1-17-14(20)12-9(7-11(15)19-13(12)16)18-8-5-3-4-6-10(8)22(2)21/h3-7H,1-2H3,(H,17,20)(H3,16,18,19). The van der Waals surface area contributed by atoms with Gasteiger partial charge in [-0.1, -0.05) is 23.7 Å². The molecule has 0 saturated carbocycles. The Hall–Kier alpha value is -1.96. The van der Waals surface area contributed by atoms with E-state index >= 15 is 0 Å². The Bertz CT molecular complexity index is 709. The number of hydrogen-bond donors (Lipinski definition) is 3. The molecule has 0 fully saturated rings. The Morgan fingerprint density at radius 1 is 1.36 bits per heavy atom. The topological polar surface area (TPSA) is 103 Å². The number of anilines is 3. The number of para-hydroxylation sites is 1. The first kappa shape index (κ1) is 16.4. The zero-order valence-electron chi connectivity index (χ0n) is 12.0. The monoisotopic (exact) mass is 338 g/mol. The highest BCUT2D eigenvalue weighted by Crippen LogP contribution is 2.30. The summed E-state index contributed by atoms with van der Waals surface area (Å²) in [5.74, 6) is -0.372. The summed E-state index contributed by atoms with van der Waals surface area (Å²) in [5, 5.41) is 5.72. The number of carbonyl (C=O) groups excluding carboxylic acids is 1. The van der Waals surface area contributed by atoms with Gasteiger partial charge < -0.3 is 20.9 Å². The van der Waals surface area contributed by atoms with E-state index in [1.165, 1.54) is 13.1 Å². The summed E-state index contributed by atoms with van der Waals surface area (Å²) in [6, 6.07) is 8.58. The maximum Gasteiger partial charge on any atom is 0.256 e. The Kier molecular flexibility index (Phi) is 5.12. The van der Waals surface area contributed by atoms with Crippen LogP contribution in [0.1, 0.15) is 10.4 Å². The lowest BCUT2D eigenvalue weighted by Gasteiger charge is -2.15. The number of nitrogens with one attached hydrogen (secondary N) is 2. The van der Waals surface area contributed by atoms with E-state index in [4.69, 9.17) is 17.3 Å².